The molecule has 0 bridgehead atoms. The Balaban J connectivity index is 1.85. The molecular formula is C11H17N5. The van der Waals surface area contributed by atoms with Crippen molar-refractivity contribution in [2.75, 3.05) is 0 Å². The number of rotatable bonds is 5. The van der Waals surface area contributed by atoms with Crippen LogP contribution in [0.3, 0.4) is 0 Å². The Hall–Kier alpha value is -1.62. The van der Waals surface area contributed by atoms with Crippen molar-refractivity contribution in [1.82, 2.24) is 25.1 Å². The van der Waals surface area contributed by atoms with Crippen molar-refractivity contribution in [2.45, 2.75) is 32.5 Å². The molecule has 86 valence electrons. The molecule has 0 radical (unpaired) electrons. The minimum absolute atomic E-state index is 0.279. The Labute approximate surface area is 94.9 Å². The summed E-state index contributed by atoms with van der Waals surface area (Å²) in [5.41, 5.74) is 1.11. The molecule has 0 fully saturated rings. The summed E-state index contributed by atoms with van der Waals surface area (Å²) in [6.45, 7) is 5.20. The summed E-state index contributed by atoms with van der Waals surface area (Å²) in [4.78, 5) is 4.02. The molecule has 2 aromatic rings. The van der Waals surface area contributed by atoms with E-state index in [4.69, 9.17) is 0 Å². The van der Waals surface area contributed by atoms with Crippen molar-refractivity contribution in [3.63, 3.8) is 0 Å². The minimum Gasteiger partial charge on any atom is -0.336 e. The predicted molar refractivity (Wildman–Crippen MR) is 61.8 cm³/mol. The van der Waals surface area contributed by atoms with E-state index in [0.29, 0.717) is 6.04 Å². The highest BCUT2D eigenvalue weighted by Crippen LogP contribution is 2.08. The number of aromatic amines is 1. The third-order valence-electron chi connectivity index (χ3n) is 2.57. The number of hydrogen-bond acceptors (Lipinski definition) is 3. The number of nitrogens with zero attached hydrogens (tertiary/aromatic N) is 3. The van der Waals surface area contributed by atoms with Gasteiger partial charge >= 0.3 is 0 Å². The summed E-state index contributed by atoms with van der Waals surface area (Å²) >= 11 is 0. The average molecular weight is 219 g/mol. The lowest BCUT2D eigenvalue weighted by atomic mass is 10.2. The highest BCUT2D eigenvalue weighted by Gasteiger charge is 2.10. The Morgan fingerprint density at radius 2 is 2.31 bits per heavy atom. The van der Waals surface area contributed by atoms with Gasteiger partial charge in [-0.3, -0.25) is 5.10 Å². The number of H-pyrrole nitrogens is 1. The van der Waals surface area contributed by atoms with Gasteiger partial charge in [-0.2, -0.15) is 5.10 Å². The van der Waals surface area contributed by atoms with Gasteiger partial charge in [0.1, 0.15) is 0 Å². The quantitative estimate of drug-likeness (QED) is 0.798. The maximum Gasteiger partial charge on any atom is 0.0946 e. The van der Waals surface area contributed by atoms with Crippen LogP contribution in [-0.2, 0) is 6.54 Å². The fraction of sp³-hybridized carbons (Fsp3) is 0.455. The Bertz CT molecular complexity index is 392. The van der Waals surface area contributed by atoms with E-state index in [-0.39, 0.29) is 6.04 Å². The van der Waals surface area contributed by atoms with Crippen LogP contribution in [0.5, 0.6) is 0 Å². The lowest BCUT2D eigenvalue weighted by Gasteiger charge is -2.19. The zero-order valence-electron chi connectivity index (χ0n) is 9.59. The molecule has 2 heterocycles. The normalized spacial score (nSPS) is 14.9. The van der Waals surface area contributed by atoms with Crippen LogP contribution in [0.1, 0.15) is 25.6 Å². The first kappa shape index (κ1) is 10.9. The Morgan fingerprint density at radius 3 is 2.94 bits per heavy atom. The molecule has 2 atom stereocenters. The fourth-order valence-corrected chi connectivity index (χ4v) is 1.79. The summed E-state index contributed by atoms with van der Waals surface area (Å²) in [5, 5.41) is 10.4. The van der Waals surface area contributed by atoms with Crippen molar-refractivity contribution in [1.29, 1.82) is 0 Å². The van der Waals surface area contributed by atoms with Crippen molar-refractivity contribution in [3.05, 3.63) is 36.7 Å². The van der Waals surface area contributed by atoms with Gasteiger partial charge in [0, 0.05) is 37.2 Å². The summed E-state index contributed by atoms with van der Waals surface area (Å²) in [6, 6.07) is 2.65. The second-order valence-electron chi connectivity index (χ2n) is 4.06. The standard InChI is InChI=1S/C11H17N5/c1-9(7-16-6-5-12-8-16)14-10(2)11-3-4-13-15-11/h3-6,8-10,14H,7H2,1-2H3,(H,13,15). The van der Waals surface area contributed by atoms with Gasteiger partial charge in [-0.25, -0.2) is 4.98 Å². The Kier molecular flexibility index (Phi) is 3.36. The Morgan fingerprint density at radius 1 is 1.44 bits per heavy atom. The molecule has 0 amide bonds. The van der Waals surface area contributed by atoms with Crippen LogP contribution in [0.25, 0.3) is 0 Å². The molecule has 2 unspecified atom stereocenters. The first-order valence-electron chi connectivity index (χ1n) is 5.47. The van der Waals surface area contributed by atoms with Gasteiger partial charge in [-0.1, -0.05) is 0 Å². The molecule has 16 heavy (non-hydrogen) atoms. The number of aromatic nitrogens is 4. The van der Waals surface area contributed by atoms with Crippen LogP contribution in [0.15, 0.2) is 31.0 Å². The van der Waals surface area contributed by atoms with Crippen LogP contribution < -0.4 is 5.32 Å². The smallest absolute Gasteiger partial charge is 0.0946 e. The summed E-state index contributed by atoms with van der Waals surface area (Å²) in [6.07, 6.45) is 7.37. The van der Waals surface area contributed by atoms with Crippen LogP contribution in [0.2, 0.25) is 0 Å². The van der Waals surface area contributed by atoms with Gasteiger partial charge in [0.25, 0.3) is 0 Å². The summed E-state index contributed by atoms with van der Waals surface area (Å²) in [7, 11) is 0. The largest absolute Gasteiger partial charge is 0.336 e. The molecule has 5 heteroatoms. The van der Waals surface area contributed by atoms with E-state index in [0.717, 1.165) is 12.2 Å². The highest BCUT2D eigenvalue weighted by molar-refractivity contribution is 5.03. The lowest BCUT2D eigenvalue weighted by molar-refractivity contribution is 0.425. The molecule has 2 N–H and O–H groups in total. The molecule has 0 aromatic carbocycles. The van der Waals surface area contributed by atoms with Gasteiger partial charge in [-0.05, 0) is 19.9 Å². The second-order valence-corrected chi connectivity index (χ2v) is 4.06. The maximum atomic E-state index is 4.02. The first-order chi connectivity index (χ1) is 7.75. The molecule has 0 aliphatic heterocycles. The molecule has 2 rings (SSSR count). The van der Waals surface area contributed by atoms with E-state index in [1.165, 1.54) is 0 Å². The maximum absolute atomic E-state index is 4.02. The molecule has 2 aromatic heterocycles. The third-order valence-corrected chi connectivity index (χ3v) is 2.57. The highest BCUT2D eigenvalue weighted by atomic mass is 15.1. The van der Waals surface area contributed by atoms with Crippen molar-refractivity contribution < 1.29 is 0 Å². The zero-order valence-corrected chi connectivity index (χ0v) is 9.59. The van der Waals surface area contributed by atoms with E-state index in [1.807, 2.05) is 18.6 Å². The fourth-order valence-electron chi connectivity index (χ4n) is 1.79. The molecule has 0 saturated carbocycles. The number of nitrogens with one attached hydrogen (secondary N) is 2. The SMILES string of the molecule is CC(Cn1ccnc1)NC(C)c1ccn[nH]1. The van der Waals surface area contributed by atoms with Crippen LogP contribution in [-0.4, -0.2) is 25.8 Å². The molecule has 0 spiro atoms. The zero-order chi connectivity index (χ0) is 11.4. The van der Waals surface area contributed by atoms with E-state index < -0.39 is 0 Å². The second kappa shape index (κ2) is 4.94. The summed E-state index contributed by atoms with van der Waals surface area (Å²) < 4.78 is 2.07. The van der Waals surface area contributed by atoms with E-state index in [9.17, 15) is 0 Å². The van der Waals surface area contributed by atoms with Gasteiger partial charge in [0.2, 0.25) is 0 Å². The van der Waals surface area contributed by atoms with Gasteiger partial charge < -0.3 is 9.88 Å². The van der Waals surface area contributed by atoms with Crippen molar-refractivity contribution in [3.8, 4) is 0 Å². The van der Waals surface area contributed by atoms with Gasteiger partial charge in [-0.15, -0.1) is 0 Å². The topological polar surface area (TPSA) is 58.5 Å². The molecule has 5 nitrogen and oxygen atoms in total. The van der Waals surface area contributed by atoms with Crippen molar-refractivity contribution >= 4 is 0 Å². The van der Waals surface area contributed by atoms with E-state index in [2.05, 4.69) is 38.9 Å². The van der Waals surface area contributed by atoms with E-state index in [1.54, 1.807) is 12.4 Å². The number of imidazole rings is 1. The molecular weight excluding hydrogens is 202 g/mol. The number of hydrogen-bond donors (Lipinski definition) is 2. The predicted octanol–water partition coefficient (Wildman–Crippen LogP) is 1.35. The van der Waals surface area contributed by atoms with Crippen LogP contribution in [0, 0.1) is 0 Å². The summed E-state index contributed by atoms with van der Waals surface area (Å²) in [5.74, 6) is 0. The van der Waals surface area contributed by atoms with Crippen LogP contribution >= 0.6 is 0 Å². The third kappa shape index (κ3) is 2.70. The first-order valence-corrected chi connectivity index (χ1v) is 5.47. The monoisotopic (exact) mass is 219 g/mol. The average Bonchev–Trinajstić information content (AvgIpc) is 2.88. The minimum atomic E-state index is 0.279. The van der Waals surface area contributed by atoms with Crippen LogP contribution in [0.4, 0.5) is 0 Å². The molecule has 0 saturated heterocycles. The lowest BCUT2D eigenvalue weighted by Crippen LogP contribution is -2.32. The van der Waals surface area contributed by atoms with Gasteiger partial charge in [0.05, 0.1) is 12.0 Å². The van der Waals surface area contributed by atoms with Gasteiger partial charge in [0.15, 0.2) is 0 Å². The molecule has 0 aliphatic carbocycles. The van der Waals surface area contributed by atoms with E-state index >= 15 is 0 Å². The van der Waals surface area contributed by atoms with Crippen molar-refractivity contribution in [2.24, 2.45) is 0 Å². The molecule has 0 aliphatic rings.